The minimum absolute atomic E-state index is 0.0480. The summed E-state index contributed by atoms with van der Waals surface area (Å²) in [4.78, 5) is 14.4. The monoisotopic (exact) mass is 367 g/mol. The number of benzene rings is 1. The number of rotatable bonds is 6. The van der Waals surface area contributed by atoms with Crippen molar-refractivity contribution in [3.8, 4) is 0 Å². The largest absolute Gasteiger partial charge is 0.379 e. The zero-order valence-electron chi connectivity index (χ0n) is 14.3. The standard InChI is InChI=1S/C17H25N3O4S/c21-17(6-13-25(22,23)20-9-11-24-12-10-20)18-15-4-3-5-16(14-15)19-7-1-2-8-19/h3-5,14H,1-2,6-13H2,(H,18,21). The Labute approximate surface area is 149 Å². The Bertz CT molecular complexity index is 696. The highest BCUT2D eigenvalue weighted by Crippen LogP contribution is 2.23. The molecule has 2 heterocycles. The van der Waals surface area contributed by atoms with E-state index in [-0.39, 0.29) is 18.1 Å². The molecule has 7 nitrogen and oxygen atoms in total. The molecule has 0 unspecified atom stereocenters. The van der Waals surface area contributed by atoms with Crippen LogP contribution in [-0.4, -0.2) is 63.8 Å². The number of carbonyl (C=O) groups excluding carboxylic acids is 1. The lowest BCUT2D eigenvalue weighted by Gasteiger charge is -2.25. The lowest BCUT2D eigenvalue weighted by Crippen LogP contribution is -2.42. The molecule has 3 rings (SSSR count). The Morgan fingerprint density at radius 2 is 1.84 bits per heavy atom. The molecule has 138 valence electrons. The van der Waals surface area contributed by atoms with Crippen molar-refractivity contribution in [2.75, 3.05) is 55.4 Å². The van der Waals surface area contributed by atoms with E-state index in [1.165, 1.54) is 17.1 Å². The number of hydrogen-bond donors (Lipinski definition) is 1. The summed E-state index contributed by atoms with van der Waals surface area (Å²) in [6.45, 7) is 3.62. The van der Waals surface area contributed by atoms with Gasteiger partial charge in [-0.05, 0) is 31.0 Å². The number of ether oxygens (including phenoxy) is 1. The summed E-state index contributed by atoms with van der Waals surface area (Å²) >= 11 is 0. The maximum absolute atomic E-state index is 12.3. The zero-order chi connectivity index (χ0) is 17.7. The van der Waals surface area contributed by atoms with Gasteiger partial charge in [-0.25, -0.2) is 8.42 Å². The molecule has 1 aromatic rings. The molecule has 2 fully saturated rings. The van der Waals surface area contributed by atoms with E-state index < -0.39 is 10.0 Å². The number of amides is 1. The van der Waals surface area contributed by atoms with Gasteiger partial charge in [-0.15, -0.1) is 0 Å². The second-order valence-corrected chi connectivity index (χ2v) is 8.46. The summed E-state index contributed by atoms with van der Waals surface area (Å²) in [6, 6.07) is 7.71. The molecule has 1 amide bonds. The number of anilines is 2. The van der Waals surface area contributed by atoms with Crippen LogP contribution in [0.1, 0.15) is 19.3 Å². The second kappa shape index (κ2) is 8.16. The number of morpholine rings is 1. The Hall–Kier alpha value is -1.64. The van der Waals surface area contributed by atoms with Crippen molar-refractivity contribution in [2.45, 2.75) is 19.3 Å². The van der Waals surface area contributed by atoms with Gasteiger partial charge in [0.25, 0.3) is 0 Å². The third-order valence-corrected chi connectivity index (χ3v) is 6.42. The van der Waals surface area contributed by atoms with Gasteiger partial charge in [0, 0.05) is 44.0 Å². The average Bonchev–Trinajstić information content (AvgIpc) is 3.16. The van der Waals surface area contributed by atoms with E-state index in [1.807, 2.05) is 24.3 Å². The maximum Gasteiger partial charge on any atom is 0.225 e. The molecule has 2 saturated heterocycles. The molecular formula is C17H25N3O4S. The van der Waals surface area contributed by atoms with E-state index in [0.29, 0.717) is 32.0 Å². The van der Waals surface area contributed by atoms with Crippen LogP contribution in [0.15, 0.2) is 24.3 Å². The van der Waals surface area contributed by atoms with Crippen LogP contribution < -0.4 is 10.2 Å². The van der Waals surface area contributed by atoms with Gasteiger partial charge in [-0.3, -0.25) is 4.79 Å². The minimum Gasteiger partial charge on any atom is -0.379 e. The fourth-order valence-corrected chi connectivity index (χ4v) is 4.56. The first-order valence-corrected chi connectivity index (χ1v) is 10.4. The minimum atomic E-state index is -3.41. The molecule has 2 aliphatic rings. The molecule has 0 aromatic heterocycles. The molecule has 8 heteroatoms. The Morgan fingerprint density at radius 3 is 2.56 bits per heavy atom. The van der Waals surface area contributed by atoms with Crippen molar-refractivity contribution in [2.24, 2.45) is 0 Å². The second-order valence-electron chi connectivity index (χ2n) is 6.37. The van der Waals surface area contributed by atoms with Crippen molar-refractivity contribution in [3.63, 3.8) is 0 Å². The first kappa shape index (κ1) is 18.2. The fourth-order valence-electron chi connectivity index (χ4n) is 3.15. The van der Waals surface area contributed by atoms with Gasteiger partial charge >= 0.3 is 0 Å². The van der Waals surface area contributed by atoms with E-state index in [4.69, 9.17) is 4.74 Å². The Balaban J connectivity index is 1.53. The van der Waals surface area contributed by atoms with Gasteiger partial charge in [0.1, 0.15) is 0 Å². The van der Waals surface area contributed by atoms with Crippen molar-refractivity contribution < 1.29 is 17.9 Å². The van der Waals surface area contributed by atoms with Gasteiger partial charge in [0.05, 0.1) is 19.0 Å². The van der Waals surface area contributed by atoms with Crippen LogP contribution in [0.25, 0.3) is 0 Å². The molecule has 1 N–H and O–H groups in total. The topological polar surface area (TPSA) is 79.0 Å². The first-order chi connectivity index (χ1) is 12.0. The van der Waals surface area contributed by atoms with Gasteiger partial charge in [0.15, 0.2) is 0 Å². The lowest BCUT2D eigenvalue weighted by atomic mass is 10.2. The van der Waals surface area contributed by atoms with Gasteiger partial charge in [0.2, 0.25) is 15.9 Å². The summed E-state index contributed by atoms with van der Waals surface area (Å²) in [5.41, 5.74) is 1.80. The summed E-state index contributed by atoms with van der Waals surface area (Å²) in [6.07, 6.45) is 2.33. The number of nitrogens with zero attached hydrogens (tertiary/aromatic N) is 2. The summed E-state index contributed by atoms with van der Waals surface area (Å²) in [7, 11) is -3.41. The molecule has 0 saturated carbocycles. The van der Waals surface area contributed by atoms with Crippen LogP contribution in [-0.2, 0) is 19.6 Å². The van der Waals surface area contributed by atoms with E-state index in [2.05, 4.69) is 10.2 Å². The Kier molecular flexibility index (Phi) is 5.93. The van der Waals surface area contributed by atoms with E-state index in [9.17, 15) is 13.2 Å². The first-order valence-electron chi connectivity index (χ1n) is 8.75. The number of hydrogen-bond acceptors (Lipinski definition) is 5. The van der Waals surface area contributed by atoms with Crippen LogP contribution >= 0.6 is 0 Å². The molecule has 0 atom stereocenters. The average molecular weight is 367 g/mol. The molecular weight excluding hydrogens is 342 g/mol. The van der Waals surface area contributed by atoms with E-state index >= 15 is 0 Å². The maximum atomic E-state index is 12.3. The van der Waals surface area contributed by atoms with E-state index in [0.717, 1.165) is 18.8 Å². The lowest BCUT2D eigenvalue weighted by molar-refractivity contribution is -0.115. The summed E-state index contributed by atoms with van der Waals surface area (Å²) < 4.78 is 31.1. The number of carbonyl (C=O) groups is 1. The normalized spacial score (nSPS) is 19.1. The Morgan fingerprint density at radius 1 is 1.12 bits per heavy atom. The summed E-state index contributed by atoms with van der Waals surface area (Å²) in [5.74, 6) is -0.458. The molecule has 25 heavy (non-hydrogen) atoms. The smallest absolute Gasteiger partial charge is 0.225 e. The fraction of sp³-hybridized carbons (Fsp3) is 0.588. The van der Waals surface area contributed by atoms with Crippen LogP contribution in [0.4, 0.5) is 11.4 Å². The predicted molar refractivity (Wildman–Crippen MR) is 97.3 cm³/mol. The third-order valence-electron chi connectivity index (χ3n) is 4.55. The van der Waals surface area contributed by atoms with Crippen LogP contribution in [0.5, 0.6) is 0 Å². The number of nitrogens with one attached hydrogen (secondary N) is 1. The van der Waals surface area contributed by atoms with Crippen molar-refractivity contribution >= 4 is 27.3 Å². The summed E-state index contributed by atoms with van der Waals surface area (Å²) in [5, 5.41) is 2.81. The predicted octanol–water partition coefficient (Wildman–Crippen LogP) is 1.28. The SMILES string of the molecule is O=C(CCS(=O)(=O)N1CCOCC1)Nc1cccc(N2CCCC2)c1. The molecule has 0 aliphatic carbocycles. The van der Waals surface area contributed by atoms with Gasteiger partial charge < -0.3 is 15.0 Å². The number of sulfonamides is 1. The molecule has 0 spiro atoms. The van der Waals surface area contributed by atoms with Crippen LogP contribution in [0, 0.1) is 0 Å². The zero-order valence-corrected chi connectivity index (χ0v) is 15.1. The third kappa shape index (κ3) is 4.93. The van der Waals surface area contributed by atoms with Crippen LogP contribution in [0.2, 0.25) is 0 Å². The molecule has 0 radical (unpaired) electrons. The molecule has 1 aromatic carbocycles. The van der Waals surface area contributed by atoms with Gasteiger partial charge in [-0.2, -0.15) is 4.31 Å². The van der Waals surface area contributed by atoms with Gasteiger partial charge in [-0.1, -0.05) is 6.07 Å². The van der Waals surface area contributed by atoms with Crippen molar-refractivity contribution in [3.05, 3.63) is 24.3 Å². The van der Waals surface area contributed by atoms with Crippen LogP contribution in [0.3, 0.4) is 0 Å². The highest BCUT2D eigenvalue weighted by atomic mass is 32.2. The van der Waals surface area contributed by atoms with E-state index in [1.54, 1.807) is 0 Å². The van der Waals surface area contributed by atoms with Crippen molar-refractivity contribution in [1.82, 2.24) is 4.31 Å². The van der Waals surface area contributed by atoms with Crippen molar-refractivity contribution in [1.29, 1.82) is 0 Å². The molecule has 2 aliphatic heterocycles. The quantitative estimate of drug-likeness (QED) is 0.819. The molecule has 0 bridgehead atoms. The highest BCUT2D eigenvalue weighted by Gasteiger charge is 2.25. The highest BCUT2D eigenvalue weighted by molar-refractivity contribution is 7.89.